The van der Waals surface area contributed by atoms with Crippen molar-refractivity contribution in [1.82, 2.24) is 0 Å². The van der Waals surface area contributed by atoms with E-state index < -0.39 is 21.2 Å². The van der Waals surface area contributed by atoms with Crippen molar-refractivity contribution in [3.05, 3.63) is 62.7 Å². The first-order chi connectivity index (χ1) is 10.0. The monoisotopic (exact) mass is 306 g/mol. The summed E-state index contributed by atoms with van der Waals surface area (Å²) in [6.45, 7) is 0. The van der Waals surface area contributed by atoms with Gasteiger partial charge < -0.3 is 4.74 Å². The molecule has 0 fully saturated rings. The smallest absolute Gasteiger partial charge is 0.332 e. The molecule has 8 heteroatoms. The van der Waals surface area contributed by atoms with Gasteiger partial charge in [0.25, 0.3) is 5.75 Å². The van der Waals surface area contributed by atoms with Gasteiger partial charge in [-0.1, -0.05) is 30.0 Å². The number of benzene rings is 2. The standard InChI is InChI=1S/C13H10N2O5S/c1-20-13-10(14(16)17)7-8-11(12(13)15(18)19)21-9-5-3-2-4-6-9/h2-8H,1H3. The van der Waals surface area contributed by atoms with Gasteiger partial charge in [0.2, 0.25) is 0 Å². The summed E-state index contributed by atoms with van der Waals surface area (Å²) in [7, 11) is 1.17. The molecule has 0 aliphatic rings. The number of nitrogens with zero attached hydrogens (tertiary/aromatic N) is 2. The second kappa shape index (κ2) is 6.23. The van der Waals surface area contributed by atoms with Crippen LogP contribution in [0.1, 0.15) is 0 Å². The van der Waals surface area contributed by atoms with Gasteiger partial charge in [-0.15, -0.1) is 0 Å². The van der Waals surface area contributed by atoms with Crippen molar-refractivity contribution >= 4 is 23.1 Å². The minimum absolute atomic E-state index is 0.286. The van der Waals surface area contributed by atoms with Gasteiger partial charge in [0, 0.05) is 11.0 Å². The third-order valence-corrected chi connectivity index (χ3v) is 3.69. The first-order valence-corrected chi connectivity index (χ1v) is 6.59. The van der Waals surface area contributed by atoms with E-state index in [1.807, 2.05) is 6.07 Å². The molecule has 7 nitrogen and oxygen atoms in total. The molecule has 0 bridgehead atoms. The second-order valence-electron chi connectivity index (χ2n) is 3.89. The minimum Gasteiger partial charge on any atom is -0.485 e. The van der Waals surface area contributed by atoms with Crippen LogP contribution in [0.5, 0.6) is 5.75 Å². The van der Waals surface area contributed by atoms with Crippen LogP contribution in [0.4, 0.5) is 11.4 Å². The summed E-state index contributed by atoms with van der Waals surface area (Å²) < 4.78 is 4.88. The number of nitro benzene ring substituents is 2. The van der Waals surface area contributed by atoms with Crippen LogP contribution in [0.2, 0.25) is 0 Å². The number of hydrogen-bond donors (Lipinski definition) is 0. The van der Waals surface area contributed by atoms with E-state index in [-0.39, 0.29) is 10.6 Å². The summed E-state index contributed by atoms with van der Waals surface area (Å²) in [4.78, 5) is 21.9. The molecule has 0 saturated heterocycles. The lowest BCUT2D eigenvalue weighted by Crippen LogP contribution is -2.00. The number of hydrogen-bond acceptors (Lipinski definition) is 6. The molecule has 21 heavy (non-hydrogen) atoms. The molecule has 0 unspecified atom stereocenters. The number of nitro groups is 2. The molecule has 2 aromatic carbocycles. The summed E-state index contributed by atoms with van der Waals surface area (Å²) in [5.41, 5.74) is -0.831. The van der Waals surface area contributed by atoms with Gasteiger partial charge in [-0.05, 0) is 18.2 Å². The Morgan fingerprint density at radius 1 is 1.00 bits per heavy atom. The highest BCUT2D eigenvalue weighted by Crippen LogP contribution is 2.45. The Bertz CT molecular complexity index is 690. The maximum absolute atomic E-state index is 11.3. The van der Waals surface area contributed by atoms with Crippen molar-refractivity contribution < 1.29 is 14.6 Å². The highest BCUT2D eigenvalue weighted by molar-refractivity contribution is 7.99. The Kier molecular flexibility index (Phi) is 4.39. The van der Waals surface area contributed by atoms with E-state index in [2.05, 4.69) is 0 Å². The zero-order valence-electron chi connectivity index (χ0n) is 10.9. The largest absolute Gasteiger partial charge is 0.485 e. The van der Waals surface area contributed by atoms with E-state index in [4.69, 9.17) is 4.74 Å². The van der Waals surface area contributed by atoms with Crippen molar-refractivity contribution in [3.8, 4) is 5.75 Å². The van der Waals surface area contributed by atoms with Gasteiger partial charge >= 0.3 is 11.4 Å². The molecule has 0 aromatic heterocycles. The lowest BCUT2D eigenvalue weighted by molar-refractivity contribution is -0.397. The molecule has 0 N–H and O–H groups in total. The van der Waals surface area contributed by atoms with Gasteiger partial charge in [-0.25, -0.2) is 0 Å². The molecule has 0 saturated carbocycles. The summed E-state index contributed by atoms with van der Waals surface area (Å²) >= 11 is 1.15. The normalized spacial score (nSPS) is 10.1. The lowest BCUT2D eigenvalue weighted by Gasteiger charge is -2.07. The van der Waals surface area contributed by atoms with E-state index in [1.54, 1.807) is 24.3 Å². The van der Waals surface area contributed by atoms with E-state index in [1.165, 1.54) is 19.2 Å². The van der Waals surface area contributed by atoms with Crippen LogP contribution in [-0.2, 0) is 0 Å². The van der Waals surface area contributed by atoms with Gasteiger partial charge in [0.1, 0.15) is 0 Å². The average molecular weight is 306 g/mol. The fraction of sp³-hybridized carbons (Fsp3) is 0.0769. The van der Waals surface area contributed by atoms with Crippen molar-refractivity contribution in [2.24, 2.45) is 0 Å². The van der Waals surface area contributed by atoms with Crippen LogP contribution in [-0.4, -0.2) is 17.0 Å². The zero-order chi connectivity index (χ0) is 15.4. The van der Waals surface area contributed by atoms with E-state index >= 15 is 0 Å². The molecule has 0 heterocycles. The first-order valence-electron chi connectivity index (χ1n) is 5.77. The Balaban J connectivity index is 2.56. The van der Waals surface area contributed by atoms with Crippen molar-refractivity contribution in [2.75, 3.05) is 7.11 Å². The number of ether oxygens (including phenoxy) is 1. The molecule has 0 atom stereocenters. The molecule has 0 amide bonds. The van der Waals surface area contributed by atoms with Gasteiger partial charge in [-0.2, -0.15) is 0 Å². The fourth-order valence-electron chi connectivity index (χ4n) is 1.76. The third kappa shape index (κ3) is 3.11. The molecule has 0 spiro atoms. The van der Waals surface area contributed by atoms with Crippen LogP contribution in [0.25, 0.3) is 0 Å². The summed E-state index contributed by atoms with van der Waals surface area (Å²) in [5.74, 6) is -0.342. The Morgan fingerprint density at radius 3 is 2.19 bits per heavy atom. The first kappa shape index (κ1) is 14.8. The maximum Gasteiger partial charge on any atom is 0.332 e. The SMILES string of the molecule is COc1c([N+](=O)[O-])ccc(Sc2ccccc2)c1[N+](=O)[O-]. The molecule has 0 aliphatic carbocycles. The van der Waals surface area contributed by atoms with Crippen LogP contribution in [0, 0.1) is 20.2 Å². The second-order valence-corrected chi connectivity index (χ2v) is 5.01. The van der Waals surface area contributed by atoms with E-state index in [9.17, 15) is 20.2 Å². The molecule has 2 aromatic rings. The van der Waals surface area contributed by atoms with Crippen molar-refractivity contribution in [2.45, 2.75) is 9.79 Å². The van der Waals surface area contributed by atoms with Crippen LogP contribution < -0.4 is 4.74 Å². The van der Waals surface area contributed by atoms with E-state index in [0.717, 1.165) is 16.7 Å². The van der Waals surface area contributed by atoms with E-state index in [0.29, 0.717) is 0 Å². The third-order valence-electron chi connectivity index (χ3n) is 2.63. The Labute approximate surface area is 123 Å². The predicted octanol–water partition coefficient (Wildman–Crippen LogP) is 3.66. The van der Waals surface area contributed by atoms with Gasteiger partial charge in [0.15, 0.2) is 0 Å². The van der Waals surface area contributed by atoms with Crippen LogP contribution >= 0.6 is 11.8 Å². The maximum atomic E-state index is 11.3. The van der Waals surface area contributed by atoms with Crippen molar-refractivity contribution in [3.63, 3.8) is 0 Å². The van der Waals surface area contributed by atoms with Crippen molar-refractivity contribution in [1.29, 1.82) is 0 Å². The minimum atomic E-state index is -0.706. The molecule has 0 radical (unpaired) electrons. The summed E-state index contributed by atoms with van der Waals surface area (Å²) in [6.07, 6.45) is 0. The Morgan fingerprint density at radius 2 is 1.67 bits per heavy atom. The Hall–Kier alpha value is -2.61. The van der Waals surface area contributed by atoms with Crippen LogP contribution in [0.15, 0.2) is 52.3 Å². The molecular weight excluding hydrogens is 296 g/mol. The highest BCUT2D eigenvalue weighted by atomic mass is 32.2. The topological polar surface area (TPSA) is 95.5 Å². The highest BCUT2D eigenvalue weighted by Gasteiger charge is 2.30. The van der Waals surface area contributed by atoms with Gasteiger partial charge in [0.05, 0.1) is 21.9 Å². The average Bonchev–Trinajstić information content (AvgIpc) is 2.47. The molecule has 2 rings (SSSR count). The summed E-state index contributed by atoms with van der Waals surface area (Å²) in [5, 5.41) is 22.2. The quantitative estimate of drug-likeness (QED) is 0.618. The predicted molar refractivity (Wildman–Crippen MR) is 76.9 cm³/mol. The molecule has 108 valence electrons. The fourth-order valence-corrected chi connectivity index (χ4v) is 2.71. The molecular formula is C13H10N2O5S. The van der Waals surface area contributed by atoms with Gasteiger partial charge in [-0.3, -0.25) is 20.2 Å². The number of methoxy groups -OCH3 is 1. The zero-order valence-corrected chi connectivity index (χ0v) is 11.7. The number of rotatable bonds is 5. The lowest BCUT2D eigenvalue weighted by atomic mass is 10.2. The summed E-state index contributed by atoms with van der Waals surface area (Å²) in [6, 6.07) is 11.6. The molecule has 0 aliphatic heterocycles. The van der Waals surface area contributed by atoms with Crippen LogP contribution in [0.3, 0.4) is 0 Å².